The number of nitrogens with two attached hydrogens (primary N) is 1. The molecule has 0 atom stereocenters. The fourth-order valence-corrected chi connectivity index (χ4v) is 1.31. The average molecular weight is 247 g/mol. The van der Waals surface area contributed by atoms with Gasteiger partial charge >= 0.3 is 11.9 Å². The maximum absolute atomic E-state index is 13.6. The summed E-state index contributed by atoms with van der Waals surface area (Å²) in [5, 5.41) is 0. The van der Waals surface area contributed by atoms with Crippen molar-refractivity contribution in [3.05, 3.63) is 35.1 Å². The van der Waals surface area contributed by atoms with Gasteiger partial charge in [0.15, 0.2) is 0 Å². The van der Waals surface area contributed by atoms with Crippen LogP contribution < -0.4 is 5.73 Å². The molecule has 1 aromatic rings. The van der Waals surface area contributed by atoms with Gasteiger partial charge in [-0.3, -0.25) is 0 Å². The molecule has 0 unspecified atom stereocenters. The van der Waals surface area contributed by atoms with E-state index in [0.29, 0.717) is 0 Å². The summed E-state index contributed by atoms with van der Waals surface area (Å²) in [6.45, 7) is 0.964. The molecule has 0 amide bonds. The molecule has 0 radical (unpaired) electrons. The molecule has 0 heterocycles. The van der Waals surface area contributed by atoms with Gasteiger partial charge in [-0.1, -0.05) is 12.1 Å². The lowest BCUT2D eigenvalue weighted by molar-refractivity contribution is -0.173. The van der Waals surface area contributed by atoms with E-state index in [1.807, 2.05) is 0 Å². The molecule has 0 spiro atoms. The zero-order chi connectivity index (χ0) is 13.1. The zero-order valence-electron chi connectivity index (χ0n) is 9.17. The lowest BCUT2D eigenvalue weighted by atomic mass is 10.0. The SMILES string of the molecule is CCOC(=O)C(F)(F)c1cccc(CN)c1F. The van der Waals surface area contributed by atoms with Gasteiger partial charge in [0, 0.05) is 12.1 Å². The standard InChI is InChI=1S/C11H12F3NO2/c1-2-17-10(16)11(13,14)8-5-3-4-7(6-15)9(8)12/h3-5H,2,6,15H2,1H3. The van der Waals surface area contributed by atoms with Crippen molar-refractivity contribution in [2.75, 3.05) is 6.61 Å². The Morgan fingerprint density at radius 2 is 2.12 bits per heavy atom. The predicted molar refractivity (Wildman–Crippen MR) is 54.8 cm³/mol. The molecular weight excluding hydrogens is 235 g/mol. The third-order valence-electron chi connectivity index (χ3n) is 2.17. The number of benzene rings is 1. The number of alkyl halides is 2. The number of hydrogen-bond acceptors (Lipinski definition) is 3. The summed E-state index contributed by atoms with van der Waals surface area (Å²) in [5.41, 5.74) is 4.10. The Morgan fingerprint density at radius 1 is 1.47 bits per heavy atom. The van der Waals surface area contributed by atoms with E-state index >= 15 is 0 Å². The Bertz CT molecular complexity index is 421. The first-order valence-electron chi connectivity index (χ1n) is 4.98. The first-order valence-corrected chi connectivity index (χ1v) is 4.98. The van der Waals surface area contributed by atoms with Gasteiger partial charge in [-0.25, -0.2) is 9.18 Å². The third kappa shape index (κ3) is 2.58. The van der Waals surface area contributed by atoms with Crippen molar-refractivity contribution in [1.29, 1.82) is 0 Å². The first kappa shape index (κ1) is 13.5. The molecule has 3 nitrogen and oxygen atoms in total. The Hall–Kier alpha value is -1.56. The molecule has 0 aliphatic carbocycles. The highest BCUT2D eigenvalue weighted by atomic mass is 19.3. The quantitative estimate of drug-likeness (QED) is 0.827. The van der Waals surface area contributed by atoms with Crippen molar-refractivity contribution in [1.82, 2.24) is 0 Å². The van der Waals surface area contributed by atoms with Gasteiger partial charge in [0.1, 0.15) is 5.82 Å². The molecule has 2 N–H and O–H groups in total. The third-order valence-corrected chi connectivity index (χ3v) is 2.17. The van der Waals surface area contributed by atoms with Crippen LogP contribution in [-0.4, -0.2) is 12.6 Å². The lowest BCUT2D eigenvalue weighted by Gasteiger charge is -2.16. The second kappa shape index (κ2) is 5.18. The monoisotopic (exact) mass is 247 g/mol. The van der Waals surface area contributed by atoms with Crippen LogP contribution in [0.1, 0.15) is 18.1 Å². The predicted octanol–water partition coefficient (Wildman–Crippen LogP) is 1.94. The van der Waals surface area contributed by atoms with Crippen LogP contribution in [0.15, 0.2) is 18.2 Å². The second-order valence-corrected chi connectivity index (χ2v) is 3.28. The molecule has 1 rings (SSSR count). The van der Waals surface area contributed by atoms with Gasteiger partial charge < -0.3 is 10.5 Å². The van der Waals surface area contributed by atoms with Gasteiger partial charge in [0.25, 0.3) is 0 Å². The van der Waals surface area contributed by atoms with Crippen LogP contribution >= 0.6 is 0 Å². The van der Waals surface area contributed by atoms with E-state index in [4.69, 9.17) is 5.73 Å². The maximum atomic E-state index is 13.6. The number of carbonyl (C=O) groups excluding carboxylic acids is 1. The van der Waals surface area contributed by atoms with E-state index in [1.165, 1.54) is 19.1 Å². The molecular formula is C11H12F3NO2. The summed E-state index contributed by atoms with van der Waals surface area (Å²) in [6, 6.07) is 3.33. The summed E-state index contributed by atoms with van der Waals surface area (Å²) >= 11 is 0. The summed E-state index contributed by atoms with van der Waals surface area (Å²) in [7, 11) is 0. The number of esters is 1. The highest BCUT2D eigenvalue weighted by molar-refractivity contribution is 5.79. The van der Waals surface area contributed by atoms with E-state index in [-0.39, 0.29) is 18.7 Å². The van der Waals surface area contributed by atoms with Crippen LogP contribution in [-0.2, 0) is 22.0 Å². The van der Waals surface area contributed by atoms with Crippen LogP contribution in [0.4, 0.5) is 13.2 Å². The molecule has 94 valence electrons. The van der Waals surface area contributed by atoms with E-state index < -0.39 is 23.3 Å². The minimum atomic E-state index is -4.01. The van der Waals surface area contributed by atoms with E-state index in [0.717, 1.165) is 6.07 Å². The van der Waals surface area contributed by atoms with Crippen molar-refractivity contribution in [3.8, 4) is 0 Å². The van der Waals surface area contributed by atoms with Crippen LogP contribution in [0.25, 0.3) is 0 Å². The zero-order valence-corrected chi connectivity index (χ0v) is 9.17. The summed E-state index contributed by atoms with van der Waals surface area (Å²) in [5.74, 6) is -6.95. The fourth-order valence-electron chi connectivity index (χ4n) is 1.31. The Morgan fingerprint density at radius 3 is 2.65 bits per heavy atom. The highest BCUT2D eigenvalue weighted by Crippen LogP contribution is 2.32. The molecule has 0 aliphatic rings. The van der Waals surface area contributed by atoms with Crippen LogP contribution in [0.5, 0.6) is 0 Å². The smallest absolute Gasteiger partial charge is 0.382 e. The molecule has 0 aromatic heterocycles. The van der Waals surface area contributed by atoms with E-state index in [2.05, 4.69) is 4.74 Å². The summed E-state index contributed by atoms with van der Waals surface area (Å²) in [4.78, 5) is 11.0. The van der Waals surface area contributed by atoms with Crippen molar-refractivity contribution in [2.24, 2.45) is 5.73 Å². The molecule has 1 aromatic carbocycles. The average Bonchev–Trinajstić information content (AvgIpc) is 2.29. The van der Waals surface area contributed by atoms with Crippen LogP contribution in [0.3, 0.4) is 0 Å². The van der Waals surface area contributed by atoms with Gasteiger partial charge in [-0.15, -0.1) is 0 Å². The van der Waals surface area contributed by atoms with Gasteiger partial charge in [-0.2, -0.15) is 8.78 Å². The molecule has 6 heteroatoms. The largest absolute Gasteiger partial charge is 0.461 e. The normalized spacial score (nSPS) is 11.4. The number of carbonyl (C=O) groups is 1. The van der Waals surface area contributed by atoms with Crippen molar-refractivity contribution < 1.29 is 22.7 Å². The number of rotatable bonds is 4. The second-order valence-electron chi connectivity index (χ2n) is 3.28. The summed E-state index contributed by atoms with van der Waals surface area (Å²) < 4.78 is 44.9. The Labute approximate surface area is 96.4 Å². The van der Waals surface area contributed by atoms with Gasteiger partial charge in [-0.05, 0) is 13.0 Å². The van der Waals surface area contributed by atoms with Crippen molar-refractivity contribution in [3.63, 3.8) is 0 Å². The van der Waals surface area contributed by atoms with E-state index in [9.17, 15) is 18.0 Å². The molecule has 17 heavy (non-hydrogen) atoms. The minimum Gasteiger partial charge on any atom is -0.461 e. The van der Waals surface area contributed by atoms with Gasteiger partial charge in [0.05, 0.1) is 12.2 Å². The lowest BCUT2D eigenvalue weighted by Crippen LogP contribution is -2.29. The molecule has 0 bridgehead atoms. The molecule has 0 fully saturated rings. The molecule has 0 aliphatic heterocycles. The highest BCUT2D eigenvalue weighted by Gasteiger charge is 2.45. The summed E-state index contributed by atoms with van der Waals surface area (Å²) in [6.07, 6.45) is 0. The molecule has 0 saturated heterocycles. The molecule has 0 saturated carbocycles. The van der Waals surface area contributed by atoms with Crippen LogP contribution in [0.2, 0.25) is 0 Å². The first-order chi connectivity index (χ1) is 7.95. The Balaban J connectivity index is 3.19. The fraction of sp³-hybridized carbons (Fsp3) is 0.364. The number of halogens is 3. The number of ether oxygens (including phenoxy) is 1. The van der Waals surface area contributed by atoms with Gasteiger partial charge in [0.2, 0.25) is 0 Å². The van der Waals surface area contributed by atoms with E-state index in [1.54, 1.807) is 0 Å². The van der Waals surface area contributed by atoms with Crippen molar-refractivity contribution >= 4 is 5.97 Å². The number of hydrogen-bond donors (Lipinski definition) is 1. The van der Waals surface area contributed by atoms with Crippen molar-refractivity contribution in [2.45, 2.75) is 19.4 Å². The minimum absolute atomic E-state index is 0.0773. The maximum Gasteiger partial charge on any atom is 0.382 e. The Kier molecular flexibility index (Phi) is 4.11. The van der Waals surface area contributed by atoms with Crippen LogP contribution in [0, 0.1) is 5.82 Å². The topological polar surface area (TPSA) is 52.3 Å².